The van der Waals surface area contributed by atoms with Gasteiger partial charge in [0.15, 0.2) is 0 Å². The molecule has 0 bridgehead atoms. The van der Waals surface area contributed by atoms with Gasteiger partial charge in [-0.1, -0.05) is 0 Å². The fourth-order valence-electron chi connectivity index (χ4n) is 2.17. The summed E-state index contributed by atoms with van der Waals surface area (Å²) in [4.78, 5) is 10.7. The number of hydrogen-bond acceptors (Lipinski definition) is 4. The highest BCUT2D eigenvalue weighted by molar-refractivity contribution is 7.18. The number of thiophene rings is 1. The molecule has 1 atom stereocenters. The summed E-state index contributed by atoms with van der Waals surface area (Å²) in [7, 11) is 0. The van der Waals surface area contributed by atoms with E-state index in [2.05, 4.69) is 9.97 Å². The van der Waals surface area contributed by atoms with Crippen molar-refractivity contribution in [3.63, 3.8) is 0 Å². The second kappa shape index (κ2) is 3.00. The maximum atomic E-state index is 9.25. The molecular formula is C10H10N2OS. The van der Waals surface area contributed by atoms with Crippen molar-refractivity contribution < 1.29 is 5.11 Å². The minimum absolute atomic E-state index is 0.244. The predicted octanol–water partition coefficient (Wildman–Crippen LogP) is 1.71. The summed E-state index contributed by atoms with van der Waals surface area (Å²) in [6, 6.07) is 0. The van der Waals surface area contributed by atoms with Gasteiger partial charge in [-0.25, -0.2) is 9.97 Å². The predicted molar refractivity (Wildman–Crippen MR) is 55.6 cm³/mol. The van der Waals surface area contributed by atoms with Crippen molar-refractivity contribution >= 4 is 21.6 Å². The number of fused-ring (bicyclic) bond motifs is 3. The molecule has 0 radical (unpaired) electrons. The van der Waals surface area contributed by atoms with Crippen LogP contribution in [0.4, 0.5) is 0 Å². The summed E-state index contributed by atoms with van der Waals surface area (Å²) in [5.74, 6) is 0.310. The standard InChI is InChI=1S/C10H10N2OS/c13-4-6-1-2-8-9(6)7-3-11-5-12-10(7)14-8/h3,5-6,13H,1-2,4H2/t6-/m1/s1. The van der Waals surface area contributed by atoms with E-state index in [-0.39, 0.29) is 6.61 Å². The van der Waals surface area contributed by atoms with Crippen molar-refractivity contribution in [2.24, 2.45) is 0 Å². The van der Waals surface area contributed by atoms with Crippen molar-refractivity contribution in [2.45, 2.75) is 18.8 Å². The number of aliphatic hydroxyl groups is 1. The largest absolute Gasteiger partial charge is 0.396 e. The zero-order valence-electron chi connectivity index (χ0n) is 7.60. The van der Waals surface area contributed by atoms with E-state index < -0.39 is 0 Å². The van der Waals surface area contributed by atoms with Gasteiger partial charge in [0, 0.05) is 22.4 Å². The van der Waals surface area contributed by atoms with Gasteiger partial charge in [-0.3, -0.25) is 0 Å². The Morgan fingerprint density at radius 2 is 2.50 bits per heavy atom. The molecule has 2 aromatic rings. The molecule has 2 heterocycles. The van der Waals surface area contributed by atoms with Gasteiger partial charge in [0.25, 0.3) is 0 Å². The molecule has 72 valence electrons. The lowest BCUT2D eigenvalue weighted by Gasteiger charge is -2.05. The van der Waals surface area contributed by atoms with Crippen LogP contribution in [0.2, 0.25) is 0 Å². The van der Waals surface area contributed by atoms with Gasteiger partial charge in [0.2, 0.25) is 0 Å². The molecule has 14 heavy (non-hydrogen) atoms. The van der Waals surface area contributed by atoms with Gasteiger partial charge in [0.05, 0.1) is 6.61 Å². The van der Waals surface area contributed by atoms with Gasteiger partial charge >= 0.3 is 0 Å². The van der Waals surface area contributed by atoms with Crippen LogP contribution < -0.4 is 0 Å². The second-order valence-electron chi connectivity index (χ2n) is 3.60. The van der Waals surface area contributed by atoms with Crippen molar-refractivity contribution in [1.29, 1.82) is 0 Å². The van der Waals surface area contributed by atoms with Crippen molar-refractivity contribution in [2.75, 3.05) is 6.61 Å². The first-order valence-electron chi connectivity index (χ1n) is 4.72. The number of aromatic nitrogens is 2. The van der Waals surface area contributed by atoms with Gasteiger partial charge in [-0.15, -0.1) is 11.3 Å². The van der Waals surface area contributed by atoms with E-state index in [9.17, 15) is 5.11 Å². The van der Waals surface area contributed by atoms with E-state index in [4.69, 9.17) is 0 Å². The van der Waals surface area contributed by atoms with Crippen LogP contribution in [0, 0.1) is 0 Å². The fraction of sp³-hybridized carbons (Fsp3) is 0.400. The molecule has 0 unspecified atom stereocenters. The van der Waals surface area contributed by atoms with E-state index in [1.807, 2.05) is 6.20 Å². The average molecular weight is 206 g/mol. The Bertz CT molecular complexity index is 480. The third-order valence-corrected chi connectivity index (χ3v) is 4.02. The van der Waals surface area contributed by atoms with Gasteiger partial charge < -0.3 is 5.11 Å². The van der Waals surface area contributed by atoms with E-state index in [1.165, 1.54) is 10.4 Å². The van der Waals surface area contributed by atoms with E-state index in [0.29, 0.717) is 5.92 Å². The van der Waals surface area contributed by atoms with Crippen LogP contribution >= 0.6 is 11.3 Å². The van der Waals surface area contributed by atoms with Crippen LogP contribution in [0.5, 0.6) is 0 Å². The summed E-state index contributed by atoms with van der Waals surface area (Å²) in [6.45, 7) is 0.244. The monoisotopic (exact) mass is 206 g/mol. The lowest BCUT2D eigenvalue weighted by Crippen LogP contribution is -1.98. The maximum Gasteiger partial charge on any atom is 0.127 e. The van der Waals surface area contributed by atoms with Crippen LogP contribution in [0.1, 0.15) is 22.8 Å². The van der Waals surface area contributed by atoms with Crippen LogP contribution in [0.15, 0.2) is 12.5 Å². The van der Waals surface area contributed by atoms with Crippen LogP contribution in [0.25, 0.3) is 10.2 Å². The summed E-state index contributed by atoms with van der Waals surface area (Å²) in [5.41, 5.74) is 1.30. The molecule has 4 heteroatoms. The summed E-state index contributed by atoms with van der Waals surface area (Å²) >= 11 is 1.74. The first-order valence-corrected chi connectivity index (χ1v) is 5.54. The van der Waals surface area contributed by atoms with Gasteiger partial charge in [-0.2, -0.15) is 0 Å². The Kier molecular flexibility index (Phi) is 1.78. The highest BCUT2D eigenvalue weighted by Gasteiger charge is 2.26. The SMILES string of the molecule is OC[C@H]1CCc2sc3ncncc3c21. The zero-order valence-corrected chi connectivity index (χ0v) is 8.42. The highest BCUT2D eigenvalue weighted by Crippen LogP contribution is 2.42. The Labute approximate surface area is 85.4 Å². The number of aryl methyl sites for hydroxylation is 1. The molecule has 3 nitrogen and oxygen atoms in total. The molecule has 0 spiro atoms. The number of nitrogens with zero attached hydrogens (tertiary/aromatic N) is 2. The van der Waals surface area contributed by atoms with E-state index in [0.717, 1.165) is 23.1 Å². The molecule has 0 aliphatic heterocycles. The summed E-state index contributed by atoms with van der Waals surface area (Å²) in [6.07, 6.45) is 5.61. The maximum absolute atomic E-state index is 9.25. The molecule has 0 saturated heterocycles. The van der Waals surface area contributed by atoms with Crippen molar-refractivity contribution in [3.05, 3.63) is 23.0 Å². The lowest BCUT2D eigenvalue weighted by molar-refractivity contribution is 0.265. The number of aliphatic hydroxyl groups excluding tert-OH is 1. The smallest absolute Gasteiger partial charge is 0.127 e. The van der Waals surface area contributed by atoms with Crippen LogP contribution in [0.3, 0.4) is 0 Å². The third-order valence-electron chi connectivity index (χ3n) is 2.83. The minimum Gasteiger partial charge on any atom is -0.396 e. The Hall–Kier alpha value is -1.00. The molecule has 0 amide bonds. The molecule has 0 aromatic carbocycles. The van der Waals surface area contributed by atoms with E-state index >= 15 is 0 Å². The number of hydrogen-bond donors (Lipinski definition) is 1. The first-order chi connectivity index (χ1) is 6.90. The Balaban J connectivity index is 2.29. The van der Waals surface area contributed by atoms with Crippen molar-refractivity contribution in [1.82, 2.24) is 9.97 Å². The normalized spacial score (nSPS) is 20.2. The van der Waals surface area contributed by atoms with E-state index in [1.54, 1.807) is 17.7 Å². The van der Waals surface area contributed by atoms with Crippen LogP contribution in [-0.2, 0) is 6.42 Å². The molecular weight excluding hydrogens is 196 g/mol. The quantitative estimate of drug-likeness (QED) is 0.772. The lowest BCUT2D eigenvalue weighted by atomic mass is 10.0. The summed E-state index contributed by atoms with van der Waals surface area (Å²) in [5, 5.41) is 10.4. The summed E-state index contributed by atoms with van der Waals surface area (Å²) < 4.78 is 0. The molecule has 0 fully saturated rings. The topological polar surface area (TPSA) is 46.0 Å². The number of rotatable bonds is 1. The average Bonchev–Trinajstić information content (AvgIpc) is 2.75. The Morgan fingerprint density at radius 3 is 3.36 bits per heavy atom. The molecule has 1 aliphatic rings. The molecule has 1 N–H and O–H groups in total. The fourth-order valence-corrected chi connectivity index (χ4v) is 3.38. The molecule has 1 aliphatic carbocycles. The molecule has 3 rings (SSSR count). The zero-order chi connectivity index (χ0) is 9.54. The molecule has 0 saturated carbocycles. The minimum atomic E-state index is 0.244. The van der Waals surface area contributed by atoms with Crippen LogP contribution in [-0.4, -0.2) is 21.7 Å². The Morgan fingerprint density at radius 1 is 1.57 bits per heavy atom. The first kappa shape index (κ1) is 8.32. The second-order valence-corrected chi connectivity index (χ2v) is 4.68. The third kappa shape index (κ3) is 1.01. The van der Waals surface area contributed by atoms with Crippen molar-refractivity contribution in [3.8, 4) is 0 Å². The highest BCUT2D eigenvalue weighted by atomic mass is 32.1. The molecule has 2 aromatic heterocycles. The van der Waals surface area contributed by atoms with Gasteiger partial charge in [0.1, 0.15) is 11.2 Å². The van der Waals surface area contributed by atoms with Gasteiger partial charge in [-0.05, 0) is 18.4 Å².